The third-order valence-corrected chi connectivity index (χ3v) is 3.67. The first-order chi connectivity index (χ1) is 9.65. The number of rotatable bonds is 2. The van der Waals surface area contributed by atoms with Gasteiger partial charge in [-0.15, -0.1) is 0 Å². The Hall–Kier alpha value is -2.26. The van der Waals surface area contributed by atoms with Gasteiger partial charge < -0.3 is 10.3 Å². The fourth-order valence-corrected chi connectivity index (χ4v) is 2.31. The Kier molecular flexibility index (Phi) is 3.20. The molecule has 0 atom stereocenters. The van der Waals surface area contributed by atoms with Crippen LogP contribution in [0, 0.1) is 6.92 Å². The van der Waals surface area contributed by atoms with Gasteiger partial charge in [-0.25, -0.2) is 0 Å². The number of carbonyl (C=O) groups excluding carboxylic acids is 1. The molecule has 0 fully saturated rings. The molecule has 0 aliphatic rings. The van der Waals surface area contributed by atoms with Crippen molar-refractivity contribution < 1.29 is 4.79 Å². The van der Waals surface area contributed by atoms with Gasteiger partial charge in [0.25, 0.3) is 5.91 Å². The van der Waals surface area contributed by atoms with Crippen LogP contribution < -0.4 is 5.32 Å². The molecule has 4 heteroatoms. The van der Waals surface area contributed by atoms with Gasteiger partial charge in [-0.3, -0.25) is 4.79 Å². The highest BCUT2D eigenvalue weighted by Gasteiger charge is 2.12. The van der Waals surface area contributed by atoms with Gasteiger partial charge in [0.1, 0.15) is 0 Å². The van der Waals surface area contributed by atoms with Gasteiger partial charge in [-0.1, -0.05) is 35.9 Å². The van der Waals surface area contributed by atoms with Crippen molar-refractivity contribution in [3.05, 3.63) is 64.8 Å². The summed E-state index contributed by atoms with van der Waals surface area (Å²) in [7, 11) is 0. The maximum Gasteiger partial charge on any atom is 0.257 e. The molecule has 3 aromatic rings. The highest BCUT2D eigenvalue weighted by Crippen LogP contribution is 2.22. The van der Waals surface area contributed by atoms with Crippen LogP contribution in [-0.2, 0) is 0 Å². The van der Waals surface area contributed by atoms with Crippen LogP contribution in [0.4, 0.5) is 5.69 Å². The van der Waals surface area contributed by atoms with E-state index in [1.165, 1.54) is 0 Å². The monoisotopic (exact) mass is 284 g/mol. The van der Waals surface area contributed by atoms with Gasteiger partial charge in [0.15, 0.2) is 0 Å². The molecule has 2 N–H and O–H groups in total. The van der Waals surface area contributed by atoms with E-state index in [0.717, 1.165) is 16.5 Å². The molecule has 1 amide bonds. The summed E-state index contributed by atoms with van der Waals surface area (Å²) in [6, 6.07) is 13.2. The van der Waals surface area contributed by atoms with Crippen LogP contribution in [0.3, 0.4) is 0 Å². The van der Waals surface area contributed by atoms with Crippen molar-refractivity contribution in [3.63, 3.8) is 0 Å². The van der Waals surface area contributed by atoms with E-state index in [4.69, 9.17) is 11.6 Å². The first-order valence-corrected chi connectivity index (χ1v) is 6.66. The number of hydrogen-bond acceptors (Lipinski definition) is 1. The van der Waals surface area contributed by atoms with Crippen molar-refractivity contribution >= 4 is 34.1 Å². The molecular formula is C16H13ClN2O. The van der Waals surface area contributed by atoms with E-state index in [1.807, 2.05) is 43.3 Å². The molecular weight excluding hydrogens is 272 g/mol. The first kappa shape index (κ1) is 12.8. The number of nitrogens with one attached hydrogen (secondary N) is 2. The minimum absolute atomic E-state index is 0.151. The number of benzene rings is 2. The average molecular weight is 285 g/mol. The molecule has 1 aromatic heterocycles. The van der Waals surface area contributed by atoms with Crippen molar-refractivity contribution in [2.24, 2.45) is 0 Å². The second-order valence-electron chi connectivity index (χ2n) is 4.67. The fourth-order valence-electron chi connectivity index (χ4n) is 2.13. The molecule has 0 saturated carbocycles. The van der Waals surface area contributed by atoms with E-state index in [0.29, 0.717) is 16.3 Å². The molecule has 0 aliphatic carbocycles. The number of H-pyrrole nitrogens is 1. The van der Waals surface area contributed by atoms with Gasteiger partial charge in [0.05, 0.1) is 5.56 Å². The Morgan fingerprint density at radius 3 is 2.80 bits per heavy atom. The Balaban J connectivity index is 1.91. The Morgan fingerprint density at radius 1 is 1.20 bits per heavy atom. The smallest absolute Gasteiger partial charge is 0.257 e. The third-order valence-electron chi connectivity index (χ3n) is 3.26. The third kappa shape index (κ3) is 2.28. The average Bonchev–Trinajstić information content (AvgIpc) is 2.87. The lowest BCUT2D eigenvalue weighted by molar-refractivity contribution is 0.102. The Bertz CT molecular complexity index is 792. The predicted molar refractivity (Wildman–Crippen MR) is 82.4 cm³/mol. The van der Waals surface area contributed by atoms with Gasteiger partial charge in [0.2, 0.25) is 0 Å². The van der Waals surface area contributed by atoms with Gasteiger partial charge in [0, 0.05) is 27.8 Å². The van der Waals surface area contributed by atoms with E-state index in [2.05, 4.69) is 10.3 Å². The number of carbonyl (C=O) groups is 1. The van der Waals surface area contributed by atoms with Crippen molar-refractivity contribution in [2.45, 2.75) is 6.92 Å². The molecule has 2 aromatic carbocycles. The minimum atomic E-state index is -0.151. The summed E-state index contributed by atoms with van der Waals surface area (Å²) in [5, 5.41) is 4.41. The molecule has 0 bridgehead atoms. The molecule has 0 unspecified atom stereocenters. The van der Waals surface area contributed by atoms with Gasteiger partial charge in [-0.05, 0) is 30.7 Å². The van der Waals surface area contributed by atoms with Crippen LogP contribution in [0.15, 0.2) is 48.7 Å². The number of para-hydroxylation sites is 1. The zero-order valence-corrected chi connectivity index (χ0v) is 11.7. The van der Waals surface area contributed by atoms with Crippen molar-refractivity contribution in [1.82, 2.24) is 4.98 Å². The number of fused-ring (bicyclic) bond motifs is 1. The first-order valence-electron chi connectivity index (χ1n) is 6.29. The molecule has 0 spiro atoms. The number of aromatic amines is 1. The molecule has 0 radical (unpaired) electrons. The van der Waals surface area contributed by atoms with Crippen LogP contribution in [0.2, 0.25) is 5.02 Å². The van der Waals surface area contributed by atoms with Crippen LogP contribution in [0.25, 0.3) is 10.9 Å². The highest BCUT2D eigenvalue weighted by atomic mass is 35.5. The Morgan fingerprint density at radius 2 is 2.00 bits per heavy atom. The van der Waals surface area contributed by atoms with Crippen LogP contribution in [0.1, 0.15) is 15.9 Å². The second kappa shape index (κ2) is 5.02. The van der Waals surface area contributed by atoms with E-state index < -0.39 is 0 Å². The zero-order chi connectivity index (χ0) is 14.1. The maximum absolute atomic E-state index is 12.3. The lowest BCUT2D eigenvalue weighted by Gasteiger charge is -2.06. The number of hydrogen-bond donors (Lipinski definition) is 2. The SMILES string of the molecule is Cc1ccc(NC(=O)c2c[nH]c3ccccc23)cc1Cl. The topological polar surface area (TPSA) is 44.9 Å². The van der Waals surface area contributed by atoms with Crippen molar-refractivity contribution in [2.75, 3.05) is 5.32 Å². The lowest BCUT2D eigenvalue weighted by atomic mass is 10.1. The second-order valence-corrected chi connectivity index (χ2v) is 5.07. The van der Waals surface area contributed by atoms with E-state index in [-0.39, 0.29) is 5.91 Å². The maximum atomic E-state index is 12.3. The summed E-state index contributed by atoms with van der Waals surface area (Å²) in [4.78, 5) is 15.4. The summed E-state index contributed by atoms with van der Waals surface area (Å²) in [6.07, 6.45) is 1.72. The van der Waals surface area contributed by atoms with Crippen LogP contribution in [-0.4, -0.2) is 10.9 Å². The molecule has 100 valence electrons. The van der Waals surface area contributed by atoms with Crippen molar-refractivity contribution in [1.29, 1.82) is 0 Å². The molecule has 1 heterocycles. The number of aromatic nitrogens is 1. The molecule has 0 aliphatic heterocycles. The zero-order valence-electron chi connectivity index (χ0n) is 10.9. The van der Waals surface area contributed by atoms with Crippen LogP contribution in [0.5, 0.6) is 0 Å². The normalized spacial score (nSPS) is 10.7. The lowest BCUT2D eigenvalue weighted by Crippen LogP contribution is -2.11. The Labute approximate surface area is 121 Å². The van der Waals surface area contributed by atoms with Crippen LogP contribution >= 0.6 is 11.6 Å². The number of anilines is 1. The summed E-state index contributed by atoms with van der Waals surface area (Å²) in [5.74, 6) is -0.151. The van der Waals surface area contributed by atoms with E-state index in [9.17, 15) is 4.79 Å². The molecule has 0 saturated heterocycles. The minimum Gasteiger partial charge on any atom is -0.360 e. The molecule has 3 nitrogen and oxygen atoms in total. The van der Waals surface area contributed by atoms with Gasteiger partial charge in [-0.2, -0.15) is 0 Å². The number of aryl methyl sites for hydroxylation is 1. The largest absolute Gasteiger partial charge is 0.360 e. The quantitative estimate of drug-likeness (QED) is 0.720. The summed E-state index contributed by atoms with van der Waals surface area (Å²) < 4.78 is 0. The predicted octanol–water partition coefficient (Wildman–Crippen LogP) is 4.38. The highest BCUT2D eigenvalue weighted by molar-refractivity contribution is 6.31. The molecule has 3 rings (SSSR count). The standard InChI is InChI=1S/C16H13ClN2O/c1-10-6-7-11(8-14(10)17)19-16(20)13-9-18-15-5-3-2-4-12(13)15/h2-9,18H,1H3,(H,19,20). The summed E-state index contributed by atoms with van der Waals surface area (Å²) >= 11 is 6.06. The van der Waals surface area contributed by atoms with Gasteiger partial charge >= 0.3 is 0 Å². The number of halogens is 1. The van der Waals surface area contributed by atoms with Crippen molar-refractivity contribution in [3.8, 4) is 0 Å². The molecule has 20 heavy (non-hydrogen) atoms. The summed E-state index contributed by atoms with van der Waals surface area (Å²) in [5.41, 5.74) is 3.24. The summed E-state index contributed by atoms with van der Waals surface area (Å²) in [6.45, 7) is 1.92. The van der Waals surface area contributed by atoms with E-state index in [1.54, 1.807) is 12.3 Å². The van der Waals surface area contributed by atoms with E-state index >= 15 is 0 Å². The fraction of sp³-hybridized carbons (Fsp3) is 0.0625. The number of amides is 1.